The molecule has 158 valence electrons. The van der Waals surface area contributed by atoms with E-state index < -0.39 is 0 Å². The molecule has 0 fully saturated rings. The second-order valence-electron chi connectivity index (χ2n) is 7.51. The predicted octanol–water partition coefficient (Wildman–Crippen LogP) is 4.71. The highest BCUT2D eigenvalue weighted by atomic mass is 16.3. The lowest BCUT2D eigenvalue weighted by Gasteiger charge is -2.21. The fourth-order valence-electron chi connectivity index (χ4n) is 3.43. The fraction of sp³-hybridized carbons (Fsp3) is 0.200. The molecule has 4 rings (SSSR count). The Morgan fingerprint density at radius 3 is 2.52 bits per heavy atom. The van der Waals surface area contributed by atoms with Gasteiger partial charge in [-0.3, -0.25) is 9.69 Å². The van der Waals surface area contributed by atoms with E-state index in [-0.39, 0.29) is 11.6 Å². The summed E-state index contributed by atoms with van der Waals surface area (Å²) < 4.78 is 10.8. The van der Waals surface area contributed by atoms with Crippen LogP contribution < -0.4 is 5.32 Å². The van der Waals surface area contributed by atoms with Crippen LogP contribution in [-0.4, -0.2) is 15.8 Å². The Kier molecular flexibility index (Phi) is 6.59. The average Bonchev–Trinajstić information content (AvgIpc) is 3.45. The number of benzene rings is 2. The summed E-state index contributed by atoms with van der Waals surface area (Å²) in [6.07, 6.45) is 2.98. The van der Waals surface area contributed by atoms with Crippen molar-refractivity contribution in [1.82, 2.24) is 15.2 Å². The van der Waals surface area contributed by atoms with Gasteiger partial charge in [0.25, 0.3) is 5.91 Å². The van der Waals surface area contributed by atoms with Gasteiger partial charge in [-0.2, -0.15) is 0 Å². The maximum atomic E-state index is 12.4. The van der Waals surface area contributed by atoms with Crippen LogP contribution in [0.25, 0.3) is 0 Å². The first-order chi connectivity index (χ1) is 15.2. The summed E-state index contributed by atoms with van der Waals surface area (Å²) in [4.78, 5) is 19.0. The minimum absolute atomic E-state index is 0.261. The van der Waals surface area contributed by atoms with Crippen molar-refractivity contribution in [1.29, 1.82) is 0 Å². The number of nitrogens with zero attached hydrogens (tertiary/aromatic N) is 2. The first-order valence-electron chi connectivity index (χ1n) is 10.2. The van der Waals surface area contributed by atoms with Gasteiger partial charge in [-0.05, 0) is 30.2 Å². The summed E-state index contributed by atoms with van der Waals surface area (Å²) in [6.45, 7) is 4.39. The Morgan fingerprint density at radius 1 is 0.935 bits per heavy atom. The zero-order valence-corrected chi connectivity index (χ0v) is 17.5. The van der Waals surface area contributed by atoms with Crippen molar-refractivity contribution < 1.29 is 13.6 Å². The van der Waals surface area contributed by atoms with Gasteiger partial charge in [0, 0.05) is 13.1 Å². The van der Waals surface area contributed by atoms with Gasteiger partial charge in [0.2, 0.25) is 5.89 Å². The molecule has 0 bridgehead atoms. The molecule has 0 spiro atoms. The third-order valence-corrected chi connectivity index (χ3v) is 4.88. The first-order valence-corrected chi connectivity index (χ1v) is 10.2. The first kappa shape index (κ1) is 20.6. The van der Waals surface area contributed by atoms with Crippen molar-refractivity contribution >= 4 is 5.91 Å². The van der Waals surface area contributed by atoms with Crippen LogP contribution >= 0.6 is 0 Å². The van der Waals surface area contributed by atoms with E-state index in [4.69, 9.17) is 8.83 Å². The van der Waals surface area contributed by atoms with E-state index >= 15 is 0 Å². The predicted molar refractivity (Wildman–Crippen MR) is 117 cm³/mol. The largest absolute Gasteiger partial charge is 0.467 e. The lowest BCUT2D eigenvalue weighted by atomic mass is 10.1. The highest BCUT2D eigenvalue weighted by Crippen LogP contribution is 2.15. The second-order valence-corrected chi connectivity index (χ2v) is 7.51. The van der Waals surface area contributed by atoms with Crippen LogP contribution in [0.4, 0.5) is 0 Å². The molecule has 0 aliphatic carbocycles. The molecule has 0 aliphatic rings. The molecule has 1 amide bonds. The molecule has 1 N–H and O–H groups in total. The number of amides is 1. The van der Waals surface area contributed by atoms with Crippen molar-refractivity contribution in [2.75, 3.05) is 0 Å². The minimum atomic E-state index is -0.292. The molecule has 2 aromatic heterocycles. The Bertz CT molecular complexity index is 1100. The zero-order valence-electron chi connectivity index (χ0n) is 17.5. The summed E-state index contributed by atoms with van der Waals surface area (Å²) in [5, 5.41) is 2.79. The number of hydrogen-bond donors (Lipinski definition) is 1. The van der Waals surface area contributed by atoms with Crippen molar-refractivity contribution in [3.63, 3.8) is 0 Å². The summed E-state index contributed by atoms with van der Waals surface area (Å²) in [5.74, 6) is 0.899. The number of aromatic nitrogens is 1. The average molecular weight is 415 g/mol. The molecule has 4 aromatic rings. The fourth-order valence-corrected chi connectivity index (χ4v) is 3.43. The van der Waals surface area contributed by atoms with E-state index in [0.717, 1.165) is 13.1 Å². The smallest absolute Gasteiger partial charge is 0.273 e. The van der Waals surface area contributed by atoms with Gasteiger partial charge in [-0.25, -0.2) is 4.98 Å². The number of furan rings is 1. The Labute approximate surface area is 181 Å². The molecule has 2 heterocycles. The van der Waals surface area contributed by atoms with Crippen molar-refractivity contribution in [3.05, 3.63) is 113 Å². The highest BCUT2D eigenvalue weighted by molar-refractivity contribution is 5.91. The van der Waals surface area contributed by atoms with E-state index in [9.17, 15) is 4.79 Å². The Morgan fingerprint density at radius 2 is 1.74 bits per heavy atom. The third kappa shape index (κ3) is 5.93. The monoisotopic (exact) mass is 415 g/mol. The molecular weight excluding hydrogens is 390 g/mol. The van der Waals surface area contributed by atoms with Crippen LogP contribution in [0.5, 0.6) is 0 Å². The molecule has 0 radical (unpaired) electrons. The number of carbonyl (C=O) groups is 1. The molecule has 6 nitrogen and oxygen atoms in total. The van der Waals surface area contributed by atoms with Crippen LogP contribution in [-0.2, 0) is 26.2 Å². The summed E-state index contributed by atoms with van der Waals surface area (Å²) in [7, 11) is 0. The van der Waals surface area contributed by atoms with Gasteiger partial charge >= 0.3 is 0 Å². The molecule has 0 saturated heterocycles. The Balaban J connectivity index is 1.44. The van der Waals surface area contributed by atoms with Gasteiger partial charge in [0.1, 0.15) is 12.0 Å². The summed E-state index contributed by atoms with van der Waals surface area (Å²) in [6, 6.07) is 22.3. The molecule has 31 heavy (non-hydrogen) atoms. The molecule has 6 heteroatoms. The number of rotatable bonds is 9. The topological polar surface area (TPSA) is 71.5 Å². The molecular formula is C25H25N3O3. The summed E-state index contributed by atoms with van der Waals surface area (Å²) >= 11 is 0. The van der Waals surface area contributed by atoms with Crippen LogP contribution in [0.1, 0.15) is 38.8 Å². The SMILES string of the molecule is Cc1cccc(CN(Cc2ccccc2)Cc2nc(C(=O)NCc3ccco3)co2)c1. The van der Waals surface area contributed by atoms with Crippen molar-refractivity contribution in [2.24, 2.45) is 0 Å². The van der Waals surface area contributed by atoms with Gasteiger partial charge in [-0.1, -0.05) is 60.2 Å². The lowest BCUT2D eigenvalue weighted by Crippen LogP contribution is -2.24. The third-order valence-electron chi connectivity index (χ3n) is 4.88. The lowest BCUT2D eigenvalue weighted by molar-refractivity contribution is 0.0943. The zero-order chi connectivity index (χ0) is 21.5. The summed E-state index contributed by atoms with van der Waals surface area (Å²) in [5.41, 5.74) is 3.91. The van der Waals surface area contributed by atoms with E-state index in [2.05, 4.69) is 58.5 Å². The highest BCUT2D eigenvalue weighted by Gasteiger charge is 2.16. The maximum absolute atomic E-state index is 12.4. The number of nitrogens with one attached hydrogen (secondary N) is 1. The van der Waals surface area contributed by atoms with Gasteiger partial charge in [0.05, 0.1) is 19.4 Å². The van der Waals surface area contributed by atoms with Crippen LogP contribution in [0.2, 0.25) is 0 Å². The van der Waals surface area contributed by atoms with E-state index in [1.165, 1.54) is 23.0 Å². The molecule has 0 unspecified atom stereocenters. The second kappa shape index (κ2) is 9.91. The standard InChI is InChI=1S/C25H25N3O3/c1-19-7-5-10-21(13-19)16-28(15-20-8-3-2-4-9-20)17-24-27-23(18-31-24)25(29)26-14-22-11-6-12-30-22/h2-13,18H,14-17H2,1H3,(H,26,29). The van der Waals surface area contributed by atoms with E-state index in [1.54, 1.807) is 18.4 Å². The Hall–Kier alpha value is -3.64. The van der Waals surface area contributed by atoms with Crippen molar-refractivity contribution in [2.45, 2.75) is 33.1 Å². The van der Waals surface area contributed by atoms with Gasteiger partial charge in [-0.15, -0.1) is 0 Å². The number of hydrogen-bond acceptors (Lipinski definition) is 5. The normalized spacial score (nSPS) is 11.0. The molecule has 0 aliphatic heterocycles. The minimum Gasteiger partial charge on any atom is -0.467 e. The van der Waals surface area contributed by atoms with Gasteiger partial charge in [0.15, 0.2) is 5.69 Å². The van der Waals surface area contributed by atoms with Gasteiger partial charge < -0.3 is 14.2 Å². The van der Waals surface area contributed by atoms with Crippen molar-refractivity contribution in [3.8, 4) is 0 Å². The maximum Gasteiger partial charge on any atom is 0.273 e. The van der Waals surface area contributed by atoms with E-state index in [1.807, 2.05) is 18.2 Å². The molecule has 0 atom stereocenters. The number of aryl methyl sites for hydroxylation is 1. The van der Waals surface area contributed by atoms with Crippen LogP contribution in [0.3, 0.4) is 0 Å². The molecule has 0 saturated carbocycles. The number of carbonyl (C=O) groups excluding carboxylic acids is 1. The van der Waals surface area contributed by atoms with Crippen LogP contribution in [0, 0.1) is 6.92 Å². The number of oxazole rings is 1. The quantitative estimate of drug-likeness (QED) is 0.429. The van der Waals surface area contributed by atoms with Crippen LogP contribution in [0.15, 0.2) is 88.1 Å². The van der Waals surface area contributed by atoms with E-state index in [0.29, 0.717) is 24.7 Å². The molecule has 2 aromatic carbocycles.